The van der Waals surface area contributed by atoms with E-state index in [9.17, 15) is 0 Å². The molecule has 1 aliphatic rings. The summed E-state index contributed by atoms with van der Waals surface area (Å²) in [6, 6.07) is 3.92. The lowest BCUT2D eigenvalue weighted by Crippen LogP contribution is -2.33. The Morgan fingerprint density at radius 3 is 3.25 bits per heavy atom. The maximum atomic E-state index is 5.55. The normalized spacial score (nSPS) is 21.1. The number of nitrogens with one attached hydrogen (secondary N) is 1. The van der Waals surface area contributed by atoms with Crippen LogP contribution in [0.4, 0.5) is 0 Å². The monoisotopic (exact) mass is 237 g/mol. The molecule has 5 nitrogen and oxygen atoms in total. The molecule has 1 N–H and O–H groups in total. The number of aromatic nitrogens is 2. The van der Waals surface area contributed by atoms with Gasteiger partial charge in [0, 0.05) is 13.1 Å². The van der Waals surface area contributed by atoms with Gasteiger partial charge >= 0.3 is 0 Å². The van der Waals surface area contributed by atoms with Gasteiger partial charge in [0.25, 0.3) is 5.89 Å². The zero-order valence-corrected chi connectivity index (χ0v) is 9.37. The number of thiophene rings is 1. The van der Waals surface area contributed by atoms with Crippen LogP contribution >= 0.6 is 11.3 Å². The molecule has 6 heteroatoms. The zero-order valence-electron chi connectivity index (χ0n) is 8.55. The second-order valence-electron chi connectivity index (χ2n) is 3.50. The number of ether oxygens (including phenoxy) is 1. The Kier molecular flexibility index (Phi) is 2.69. The largest absolute Gasteiger partial charge is 0.367 e. The van der Waals surface area contributed by atoms with E-state index in [0.29, 0.717) is 18.3 Å². The maximum Gasteiger partial charge on any atom is 0.268 e. The minimum Gasteiger partial charge on any atom is -0.367 e. The summed E-state index contributed by atoms with van der Waals surface area (Å²) in [4.78, 5) is 5.33. The fraction of sp³-hybridized carbons (Fsp3) is 0.400. The van der Waals surface area contributed by atoms with Gasteiger partial charge in [0.05, 0.1) is 11.5 Å². The lowest BCUT2D eigenvalue weighted by molar-refractivity contribution is 0.0208. The summed E-state index contributed by atoms with van der Waals surface area (Å²) >= 11 is 1.58. The Morgan fingerprint density at radius 1 is 1.50 bits per heavy atom. The first-order chi connectivity index (χ1) is 7.93. The van der Waals surface area contributed by atoms with Crippen LogP contribution in [0.15, 0.2) is 22.0 Å². The third-order valence-electron chi connectivity index (χ3n) is 2.39. The van der Waals surface area contributed by atoms with E-state index in [1.54, 1.807) is 11.3 Å². The highest BCUT2D eigenvalue weighted by Gasteiger charge is 2.21. The van der Waals surface area contributed by atoms with Crippen LogP contribution in [0.1, 0.15) is 11.9 Å². The summed E-state index contributed by atoms with van der Waals surface area (Å²) in [6.07, 6.45) is -0.0915. The van der Waals surface area contributed by atoms with Crippen molar-refractivity contribution in [3.8, 4) is 10.8 Å². The van der Waals surface area contributed by atoms with Crippen molar-refractivity contribution in [1.82, 2.24) is 15.5 Å². The predicted octanol–water partition coefficient (Wildman–Crippen LogP) is 1.46. The molecule has 0 spiro atoms. The van der Waals surface area contributed by atoms with Gasteiger partial charge in [0.2, 0.25) is 5.82 Å². The summed E-state index contributed by atoms with van der Waals surface area (Å²) in [6.45, 7) is 2.31. The predicted molar refractivity (Wildman–Crippen MR) is 59.2 cm³/mol. The Morgan fingerprint density at radius 2 is 2.50 bits per heavy atom. The fourth-order valence-electron chi connectivity index (χ4n) is 1.60. The van der Waals surface area contributed by atoms with Gasteiger partial charge in [0.15, 0.2) is 0 Å². The van der Waals surface area contributed by atoms with Crippen molar-refractivity contribution in [2.45, 2.75) is 6.10 Å². The molecule has 2 aromatic rings. The summed E-state index contributed by atoms with van der Waals surface area (Å²) in [5, 5.41) is 9.17. The van der Waals surface area contributed by atoms with Crippen molar-refractivity contribution in [2.24, 2.45) is 0 Å². The molecule has 1 atom stereocenters. The van der Waals surface area contributed by atoms with E-state index < -0.39 is 0 Å². The quantitative estimate of drug-likeness (QED) is 0.856. The Labute approximate surface area is 96.4 Å². The molecule has 0 radical (unpaired) electrons. The zero-order chi connectivity index (χ0) is 10.8. The van der Waals surface area contributed by atoms with Crippen LogP contribution < -0.4 is 5.32 Å². The molecule has 1 saturated heterocycles. The van der Waals surface area contributed by atoms with Gasteiger partial charge in [0.1, 0.15) is 6.10 Å². The van der Waals surface area contributed by atoms with E-state index in [-0.39, 0.29) is 6.10 Å². The molecule has 0 aliphatic carbocycles. The molecule has 0 saturated carbocycles. The molecule has 3 heterocycles. The van der Waals surface area contributed by atoms with E-state index in [0.717, 1.165) is 18.0 Å². The first-order valence-electron chi connectivity index (χ1n) is 5.13. The van der Waals surface area contributed by atoms with Gasteiger partial charge in [-0.3, -0.25) is 0 Å². The highest BCUT2D eigenvalue weighted by atomic mass is 32.1. The third kappa shape index (κ3) is 1.87. The molecule has 1 unspecified atom stereocenters. The average Bonchev–Trinajstić information content (AvgIpc) is 3.01. The molecule has 3 rings (SSSR count). The van der Waals surface area contributed by atoms with Gasteiger partial charge < -0.3 is 14.6 Å². The number of nitrogens with zero attached hydrogens (tertiary/aromatic N) is 2. The van der Waals surface area contributed by atoms with Gasteiger partial charge in [-0.2, -0.15) is 4.98 Å². The summed E-state index contributed by atoms with van der Waals surface area (Å²) in [7, 11) is 0. The SMILES string of the molecule is c1csc(-c2nc(C3CNCCO3)no2)c1. The molecule has 16 heavy (non-hydrogen) atoms. The van der Waals surface area contributed by atoms with Crippen LogP contribution in [0, 0.1) is 0 Å². The van der Waals surface area contributed by atoms with Crippen molar-refractivity contribution < 1.29 is 9.26 Å². The molecular weight excluding hydrogens is 226 g/mol. The molecule has 84 valence electrons. The number of hydrogen-bond acceptors (Lipinski definition) is 6. The maximum absolute atomic E-state index is 5.55. The van der Waals surface area contributed by atoms with Crippen molar-refractivity contribution in [2.75, 3.05) is 19.7 Å². The van der Waals surface area contributed by atoms with Crippen LogP contribution in [-0.2, 0) is 4.74 Å². The van der Waals surface area contributed by atoms with Gasteiger partial charge in [-0.1, -0.05) is 11.2 Å². The summed E-state index contributed by atoms with van der Waals surface area (Å²) in [5.41, 5.74) is 0. The minimum atomic E-state index is -0.0915. The molecule has 1 fully saturated rings. The first-order valence-corrected chi connectivity index (χ1v) is 6.01. The summed E-state index contributed by atoms with van der Waals surface area (Å²) in [5.74, 6) is 1.19. The van der Waals surface area contributed by atoms with Crippen LogP contribution in [0.2, 0.25) is 0 Å². The average molecular weight is 237 g/mol. The number of rotatable bonds is 2. The van der Waals surface area contributed by atoms with E-state index in [1.165, 1.54) is 0 Å². The molecule has 1 aliphatic heterocycles. The fourth-order valence-corrected chi connectivity index (χ4v) is 2.24. The van der Waals surface area contributed by atoms with Gasteiger partial charge in [-0.05, 0) is 11.4 Å². The van der Waals surface area contributed by atoms with Crippen LogP contribution in [0.3, 0.4) is 0 Å². The minimum absolute atomic E-state index is 0.0915. The first kappa shape index (κ1) is 9.95. The smallest absolute Gasteiger partial charge is 0.268 e. The van der Waals surface area contributed by atoms with Crippen molar-refractivity contribution >= 4 is 11.3 Å². The van der Waals surface area contributed by atoms with Crippen molar-refractivity contribution in [3.05, 3.63) is 23.3 Å². The van der Waals surface area contributed by atoms with Crippen LogP contribution in [0.5, 0.6) is 0 Å². The van der Waals surface area contributed by atoms with E-state index >= 15 is 0 Å². The lowest BCUT2D eigenvalue weighted by Gasteiger charge is -2.20. The van der Waals surface area contributed by atoms with Crippen LogP contribution in [-0.4, -0.2) is 29.8 Å². The molecule has 0 bridgehead atoms. The van der Waals surface area contributed by atoms with Crippen molar-refractivity contribution in [1.29, 1.82) is 0 Å². The second-order valence-corrected chi connectivity index (χ2v) is 4.45. The molecule has 0 aromatic carbocycles. The van der Waals surface area contributed by atoms with Gasteiger partial charge in [-0.25, -0.2) is 0 Å². The number of hydrogen-bond donors (Lipinski definition) is 1. The highest BCUT2D eigenvalue weighted by Crippen LogP contribution is 2.24. The Bertz CT molecular complexity index is 448. The highest BCUT2D eigenvalue weighted by molar-refractivity contribution is 7.13. The van der Waals surface area contributed by atoms with Crippen molar-refractivity contribution in [3.63, 3.8) is 0 Å². The van der Waals surface area contributed by atoms with E-state index in [4.69, 9.17) is 9.26 Å². The number of morpholine rings is 1. The Hall–Kier alpha value is -1.24. The topological polar surface area (TPSA) is 60.2 Å². The standard InChI is InChI=1S/C10H11N3O2S/c1-2-8(16-5-1)10-12-9(13-15-10)7-6-11-3-4-14-7/h1-2,5,7,11H,3-4,6H2. The Balaban J connectivity index is 1.82. The third-order valence-corrected chi connectivity index (χ3v) is 3.25. The summed E-state index contributed by atoms with van der Waals surface area (Å²) < 4.78 is 10.8. The second kappa shape index (κ2) is 4.32. The van der Waals surface area contributed by atoms with E-state index in [1.807, 2.05) is 17.5 Å². The van der Waals surface area contributed by atoms with E-state index in [2.05, 4.69) is 15.5 Å². The van der Waals surface area contributed by atoms with Gasteiger partial charge in [-0.15, -0.1) is 11.3 Å². The van der Waals surface area contributed by atoms with Crippen LogP contribution in [0.25, 0.3) is 10.8 Å². The molecule has 2 aromatic heterocycles. The molecular formula is C10H11N3O2S. The molecule has 0 amide bonds. The lowest BCUT2D eigenvalue weighted by atomic mass is 10.3.